The second-order valence-corrected chi connectivity index (χ2v) is 0.578. The Balaban J connectivity index is 0. The van der Waals surface area contributed by atoms with Crippen molar-refractivity contribution in [2.24, 2.45) is 5.11 Å². The van der Waals surface area contributed by atoms with Gasteiger partial charge in [-0.2, -0.15) is 0 Å². The molecule has 0 aliphatic rings. The number of nitrogens with zero attached hydrogens (tertiary/aromatic N) is 3. The van der Waals surface area contributed by atoms with Gasteiger partial charge in [0.15, 0.2) is 0 Å². The summed E-state index contributed by atoms with van der Waals surface area (Å²) in [7, 11) is 1.39. The second-order valence-electron chi connectivity index (χ2n) is 0.578. The van der Waals surface area contributed by atoms with Crippen LogP contribution in [0.25, 0.3) is 10.4 Å². The van der Waals surface area contributed by atoms with Gasteiger partial charge in [0.25, 0.3) is 0 Å². The lowest BCUT2D eigenvalue weighted by atomic mass is 10.9. The summed E-state index contributed by atoms with van der Waals surface area (Å²) in [6, 6.07) is 0. The van der Waals surface area contributed by atoms with Crippen LogP contribution in [0.4, 0.5) is 0 Å². The lowest BCUT2D eigenvalue weighted by Gasteiger charge is -1.35. The topological polar surface area (TPSA) is 48.8 Å². The molecule has 0 aromatic rings. The molecule has 0 aliphatic heterocycles. The molecule has 0 spiro atoms. The van der Waals surface area contributed by atoms with E-state index in [0.29, 0.717) is 0 Å². The summed E-state index contributed by atoms with van der Waals surface area (Å²) >= 11 is 0. The molecule has 0 saturated heterocycles. The van der Waals surface area contributed by atoms with Gasteiger partial charge in [-0.3, -0.25) is 0 Å². The van der Waals surface area contributed by atoms with E-state index >= 15 is 0 Å². The zero-order valence-corrected chi connectivity index (χ0v) is 4.42. The van der Waals surface area contributed by atoms with Crippen LogP contribution in [0.15, 0.2) is 5.11 Å². The quantitative estimate of drug-likeness (QED) is 0.191. The molecule has 0 aromatic heterocycles. The summed E-state index contributed by atoms with van der Waals surface area (Å²) in [5.41, 5.74) is 7.33. The summed E-state index contributed by atoms with van der Waals surface area (Å²) in [5, 5.41) is 2.92. The molecule has 0 aliphatic carbocycles. The third-order valence-electron chi connectivity index (χ3n) is 0.0894. The lowest BCUT2D eigenvalue weighted by molar-refractivity contribution is 1.40. The van der Waals surface area contributed by atoms with Crippen molar-refractivity contribution in [2.45, 2.75) is 6.92 Å². The van der Waals surface area contributed by atoms with Gasteiger partial charge in [-0.05, 0) is 12.5 Å². The third kappa shape index (κ3) is 2370. The highest BCUT2D eigenvalue weighted by atomic mass is 15.1. The van der Waals surface area contributed by atoms with E-state index in [4.69, 9.17) is 5.53 Å². The first kappa shape index (κ1) is 9.30. The molecule has 0 rings (SSSR count). The van der Waals surface area contributed by atoms with E-state index in [9.17, 15) is 0 Å². The molecule has 0 amide bonds. The fraction of sp³-hybridized carbons (Fsp3) is 0.500. The highest BCUT2D eigenvalue weighted by Crippen LogP contribution is 1.46. The first-order chi connectivity index (χ1) is 3.33. The molecule has 0 heterocycles. The van der Waals surface area contributed by atoms with E-state index < -0.39 is 0 Å². The van der Waals surface area contributed by atoms with Crippen LogP contribution in [0, 0.1) is 12.3 Å². The molecular formula is C4H7N3. The maximum Gasteiger partial charge on any atom is 0.0139 e. The average molecular weight is 97.1 g/mol. The van der Waals surface area contributed by atoms with Gasteiger partial charge < -0.3 is 0 Å². The molecule has 0 fully saturated rings. The highest BCUT2D eigenvalue weighted by Gasteiger charge is 1.27. The molecule has 0 N–H and O–H groups in total. The molecular weight excluding hydrogens is 90.1 g/mol. The van der Waals surface area contributed by atoms with E-state index in [1.54, 1.807) is 6.92 Å². The Labute approximate surface area is 43.0 Å². The zero-order chi connectivity index (χ0) is 6.12. The van der Waals surface area contributed by atoms with Gasteiger partial charge in [0.05, 0.1) is 0 Å². The van der Waals surface area contributed by atoms with Gasteiger partial charge in [-0.25, -0.2) is 0 Å². The minimum atomic E-state index is 1.39. The SMILES string of the molecule is C#CC.CN=[N+]=[N-]. The zero-order valence-electron chi connectivity index (χ0n) is 4.42. The van der Waals surface area contributed by atoms with Gasteiger partial charge in [0.1, 0.15) is 0 Å². The monoisotopic (exact) mass is 97.1 g/mol. The van der Waals surface area contributed by atoms with Crippen LogP contribution in [0.5, 0.6) is 0 Å². The largest absolute Gasteiger partial charge is 0.120 e. The predicted molar refractivity (Wildman–Crippen MR) is 29.6 cm³/mol. The first-order valence-corrected chi connectivity index (χ1v) is 1.64. The van der Waals surface area contributed by atoms with E-state index in [2.05, 4.69) is 22.4 Å². The van der Waals surface area contributed by atoms with Gasteiger partial charge in [0, 0.05) is 12.0 Å². The molecule has 38 valence electrons. The Bertz CT molecular complexity index is 94.0. The minimum absolute atomic E-state index is 1.39. The van der Waals surface area contributed by atoms with Crippen molar-refractivity contribution in [3.8, 4) is 12.3 Å². The molecule has 0 saturated carbocycles. The number of hydrogen-bond donors (Lipinski definition) is 0. The smallest absolute Gasteiger partial charge is 0.0139 e. The molecule has 0 aromatic carbocycles. The molecule has 0 bridgehead atoms. The van der Waals surface area contributed by atoms with Crippen LogP contribution < -0.4 is 0 Å². The summed E-state index contributed by atoms with van der Waals surface area (Å²) in [6.07, 6.45) is 4.60. The van der Waals surface area contributed by atoms with Crippen molar-refractivity contribution in [3.63, 3.8) is 0 Å². The van der Waals surface area contributed by atoms with E-state index in [1.807, 2.05) is 0 Å². The van der Waals surface area contributed by atoms with Crippen molar-refractivity contribution in [3.05, 3.63) is 10.4 Å². The number of azide groups is 1. The molecule has 0 atom stereocenters. The molecule has 3 nitrogen and oxygen atoms in total. The first-order valence-electron chi connectivity index (χ1n) is 1.64. The summed E-state index contributed by atoms with van der Waals surface area (Å²) in [6.45, 7) is 1.65. The van der Waals surface area contributed by atoms with Gasteiger partial charge in [-0.15, -0.1) is 12.3 Å². The number of hydrogen-bond acceptors (Lipinski definition) is 1. The maximum atomic E-state index is 7.33. The van der Waals surface area contributed by atoms with E-state index in [1.165, 1.54) is 7.05 Å². The Morgan fingerprint density at radius 2 is 2.00 bits per heavy atom. The van der Waals surface area contributed by atoms with Crippen LogP contribution in [0.1, 0.15) is 6.92 Å². The van der Waals surface area contributed by atoms with Gasteiger partial charge in [0.2, 0.25) is 0 Å². The summed E-state index contributed by atoms with van der Waals surface area (Å²) in [5.74, 6) is 2.25. The second kappa shape index (κ2) is 20.9. The van der Waals surface area contributed by atoms with Crippen LogP contribution in [-0.2, 0) is 0 Å². The summed E-state index contributed by atoms with van der Waals surface area (Å²) in [4.78, 5) is 2.36. The van der Waals surface area contributed by atoms with Crippen LogP contribution >= 0.6 is 0 Å². The standard InChI is InChI=1S/C3H4.CH3N3/c1-3-2;1-3-4-2/h1H,2H3;1H3. The van der Waals surface area contributed by atoms with E-state index in [0.717, 1.165) is 0 Å². The van der Waals surface area contributed by atoms with Crippen molar-refractivity contribution >= 4 is 0 Å². The number of rotatable bonds is 0. The Hall–Kier alpha value is -1.13. The van der Waals surface area contributed by atoms with Gasteiger partial charge >= 0.3 is 0 Å². The number of terminal acetylenes is 1. The summed E-state index contributed by atoms with van der Waals surface area (Å²) < 4.78 is 0. The van der Waals surface area contributed by atoms with Crippen molar-refractivity contribution in [2.75, 3.05) is 7.05 Å². The Morgan fingerprint density at radius 1 is 1.86 bits per heavy atom. The predicted octanol–water partition coefficient (Wildman–Crippen LogP) is 1.57. The third-order valence-corrected chi connectivity index (χ3v) is 0.0894. The fourth-order valence-electron chi connectivity index (χ4n) is 0. The molecule has 0 radical (unpaired) electrons. The van der Waals surface area contributed by atoms with Crippen LogP contribution in [0.3, 0.4) is 0 Å². The normalized spacial score (nSPS) is 3.57. The van der Waals surface area contributed by atoms with Crippen molar-refractivity contribution in [1.82, 2.24) is 0 Å². The minimum Gasteiger partial charge on any atom is -0.120 e. The molecule has 3 heteroatoms. The van der Waals surface area contributed by atoms with E-state index in [-0.39, 0.29) is 0 Å². The molecule has 0 unspecified atom stereocenters. The van der Waals surface area contributed by atoms with Crippen molar-refractivity contribution < 1.29 is 0 Å². The Kier molecular flexibility index (Phi) is 27.7. The van der Waals surface area contributed by atoms with Crippen LogP contribution in [0.2, 0.25) is 0 Å². The fourth-order valence-corrected chi connectivity index (χ4v) is 0. The lowest BCUT2D eigenvalue weighted by Crippen LogP contribution is -1.22. The van der Waals surface area contributed by atoms with Gasteiger partial charge in [-0.1, -0.05) is 5.11 Å². The van der Waals surface area contributed by atoms with Crippen LogP contribution in [-0.4, -0.2) is 7.05 Å². The maximum absolute atomic E-state index is 7.33. The Morgan fingerprint density at radius 3 is 2.00 bits per heavy atom. The van der Waals surface area contributed by atoms with Crippen molar-refractivity contribution in [1.29, 1.82) is 0 Å². The molecule has 7 heavy (non-hydrogen) atoms. The average Bonchev–Trinajstić information content (AvgIpc) is 1.69. The highest BCUT2D eigenvalue weighted by molar-refractivity contribution is 4.73.